The van der Waals surface area contributed by atoms with Gasteiger partial charge in [0.25, 0.3) is 5.89 Å². The van der Waals surface area contributed by atoms with Crippen LogP contribution in [0.2, 0.25) is 0 Å². The van der Waals surface area contributed by atoms with Crippen molar-refractivity contribution < 1.29 is 18.8 Å². The van der Waals surface area contributed by atoms with Gasteiger partial charge in [0.2, 0.25) is 5.82 Å². The Kier molecular flexibility index (Phi) is 7.03. The van der Waals surface area contributed by atoms with Crippen LogP contribution in [0.5, 0.6) is 11.5 Å². The van der Waals surface area contributed by atoms with Crippen molar-refractivity contribution in [2.75, 3.05) is 24.9 Å². The first-order valence-corrected chi connectivity index (χ1v) is 11.8. The number of hydrogen-bond acceptors (Lipinski definition) is 7. The van der Waals surface area contributed by atoms with Crippen LogP contribution in [-0.2, 0) is 6.54 Å². The average molecular weight is 511 g/mol. The van der Waals surface area contributed by atoms with Gasteiger partial charge in [-0.1, -0.05) is 41.6 Å². The van der Waals surface area contributed by atoms with Crippen LogP contribution in [0.1, 0.15) is 11.1 Å². The Morgan fingerprint density at radius 1 is 0.947 bits per heavy atom. The largest absolute Gasteiger partial charge is 0.493 e. The highest BCUT2D eigenvalue weighted by Crippen LogP contribution is 2.30. The van der Waals surface area contributed by atoms with Crippen molar-refractivity contribution in [1.82, 2.24) is 19.7 Å². The minimum absolute atomic E-state index is 0.363. The van der Waals surface area contributed by atoms with E-state index < -0.39 is 0 Å². The molecule has 5 aromatic rings. The van der Waals surface area contributed by atoms with Gasteiger partial charge in [-0.15, -0.1) is 0 Å². The summed E-state index contributed by atoms with van der Waals surface area (Å²) in [5, 5.41) is 9.72. The van der Waals surface area contributed by atoms with Gasteiger partial charge in [0, 0.05) is 35.7 Å². The van der Waals surface area contributed by atoms with E-state index in [9.17, 15) is 4.79 Å². The van der Waals surface area contributed by atoms with Crippen molar-refractivity contribution >= 4 is 17.4 Å². The molecular formula is C28H26N6O4. The average Bonchev–Trinajstić information content (AvgIpc) is 3.60. The molecule has 0 saturated carbocycles. The van der Waals surface area contributed by atoms with E-state index in [-0.39, 0.29) is 6.03 Å². The molecule has 0 aliphatic carbocycles. The molecule has 3 aromatic carbocycles. The lowest BCUT2D eigenvalue weighted by Crippen LogP contribution is -2.19. The number of aromatic nitrogens is 4. The summed E-state index contributed by atoms with van der Waals surface area (Å²) < 4.78 is 17.9. The number of urea groups is 1. The predicted octanol–water partition coefficient (Wildman–Crippen LogP) is 5.62. The molecule has 10 heteroatoms. The minimum atomic E-state index is -0.367. The fraction of sp³-hybridized carbons (Fsp3) is 0.143. The molecule has 38 heavy (non-hydrogen) atoms. The van der Waals surface area contributed by atoms with Crippen molar-refractivity contribution in [3.05, 3.63) is 90.4 Å². The van der Waals surface area contributed by atoms with Gasteiger partial charge in [-0.25, -0.2) is 9.78 Å². The number of anilines is 2. The number of amides is 2. The molecule has 192 valence electrons. The number of imidazole rings is 1. The number of rotatable bonds is 8. The summed E-state index contributed by atoms with van der Waals surface area (Å²) in [7, 11) is 3.10. The third-order valence-electron chi connectivity index (χ3n) is 5.88. The molecule has 0 fully saturated rings. The number of methoxy groups -OCH3 is 2. The number of carbonyl (C=O) groups excluding carboxylic acids is 1. The van der Waals surface area contributed by atoms with Crippen LogP contribution in [0.4, 0.5) is 16.2 Å². The Labute approximate surface area is 219 Å². The van der Waals surface area contributed by atoms with Crippen LogP contribution in [0.3, 0.4) is 0 Å². The molecule has 2 amide bonds. The minimum Gasteiger partial charge on any atom is -0.493 e. The van der Waals surface area contributed by atoms with Crippen LogP contribution < -0.4 is 20.1 Å². The number of benzene rings is 3. The highest BCUT2D eigenvalue weighted by atomic mass is 16.5. The smallest absolute Gasteiger partial charge is 0.323 e. The van der Waals surface area contributed by atoms with Gasteiger partial charge in [-0.3, -0.25) is 0 Å². The summed E-state index contributed by atoms with van der Waals surface area (Å²) in [6.45, 7) is 2.59. The Morgan fingerprint density at radius 2 is 1.68 bits per heavy atom. The molecule has 0 aliphatic heterocycles. The third kappa shape index (κ3) is 5.49. The number of hydrogen-bond donors (Lipinski definition) is 2. The monoisotopic (exact) mass is 510 g/mol. The maximum atomic E-state index is 12.4. The van der Waals surface area contributed by atoms with Crippen molar-refractivity contribution in [2.24, 2.45) is 0 Å². The summed E-state index contributed by atoms with van der Waals surface area (Å²) in [4.78, 5) is 21.4. The molecule has 0 atom stereocenters. The maximum Gasteiger partial charge on any atom is 0.323 e. The van der Waals surface area contributed by atoms with Gasteiger partial charge in [0.05, 0.1) is 20.5 Å². The van der Waals surface area contributed by atoms with Crippen molar-refractivity contribution in [2.45, 2.75) is 13.5 Å². The van der Waals surface area contributed by atoms with E-state index in [2.05, 4.69) is 25.8 Å². The molecule has 10 nitrogen and oxygen atoms in total. The Balaban J connectivity index is 1.19. The molecule has 5 rings (SSSR count). The summed E-state index contributed by atoms with van der Waals surface area (Å²) >= 11 is 0. The van der Waals surface area contributed by atoms with Gasteiger partial charge >= 0.3 is 6.03 Å². The van der Waals surface area contributed by atoms with Crippen molar-refractivity contribution in [3.63, 3.8) is 0 Å². The molecular weight excluding hydrogens is 484 g/mol. The van der Waals surface area contributed by atoms with E-state index in [0.717, 1.165) is 16.7 Å². The van der Waals surface area contributed by atoms with E-state index in [1.54, 1.807) is 38.7 Å². The molecule has 0 unspecified atom stereocenters. The van der Waals surface area contributed by atoms with E-state index in [1.165, 1.54) is 0 Å². The van der Waals surface area contributed by atoms with Crippen molar-refractivity contribution in [3.8, 4) is 34.5 Å². The Morgan fingerprint density at radius 3 is 2.45 bits per heavy atom. The molecule has 2 heterocycles. The normalized spacial score (nSPS) is 10.7. The standard InChI is InChI=1S/C28H26N6O4/c1-18-6-4-5-7-22(18)26-32-27(38-33-26)23-16-34(17-29-23)15-19-8-10-20(11-9-19)30-28(35)31-21-12-13-24(36-2)25(14-21)37-3/h4-14,16-17H,15H2,1-3H3,(H2,30,31,35). The first kappa shape index (κ1) is 24.6. The zero-order valence-corrected chi connectivity index (χ0v) is 21.1. The molecule has 2 N–H and O–H groups in total. The fourth-order valence-electron chi connectivity index (χ4n) is 3.93. The van der Waals surface area contributed by atoms with Crippen LogP contribution in [0.15, 0.2) is 83.8 Å². The lowest BCUT2D eigenvalue weighted by atomic mass is 10.1. The fourth-order valence-corrected chi connectivity index (χ4v) is 3.93. The summed E-state index contributed by atoms with van der Waals surface area (Å²) in [6.07, 6.45) is 3.58. The molecule has 2 aromatic heterocycles. The third-order valence-corrected chi connectivity index (χ3v) is 5.88. The topological polar surface area (TPSA) is 116 Å². The van der Waals surface area contributed by atoms with E-state index in [4.69, 9.17) is 14.0 Å². The first-order valence-electron chi connectivity index (χ1n) is 11.8. The van der Waals surface area contributed by atoms with E-state index >= 15 is 0 Å². The Bertz CT molecular complexity index is 1560. The summed E-state index contributed by atoms with van der Waals surface area (Å²) in [5.41, 5.74) is 4.87. The van der Waals surface area contributed by atoms with Gasteiger partial charge in [0.15, 0.2) is 11.5 Å². The van der Waals surface area contributed by atoms with Gasteiger partial charge < -0.3 is 29.2 Å². The second-order valence-corrected chi connectivity index (χ2v) is 8.52. The van der Waals surface area contributed by atoms with Gasteiger partial charge in [-0.05, 0) is 42.3 Å². The maximum absolute atomic E-state index is 12.4. The highest BCUT2D eigenvalue weighted by molar-refractivity contribution is 5.99. The van der Waals surface area contributed by atoms with Gasteiger partial charge in [0.1, 0.15) is 5.69 Å². The first-order chi connectivity index (χ1) is 18.5. The second-order valence-electron chi connectivity index (χ2n) is 8.52. The SMILES string of the molecule is COc1ccc(NC(=O)Nc2ccc(Cn3cnc(-c4nc(-c5ccccc5C)no4)c3)cc2)cc1OC. The van der Waals surface area contributed by atoms with Crippen LogP contribution in [-0.4, -0.2) is 39.9 Å². The molecule has 0 radical (unpaired) electrons. The number of aryl methyl sites for hydroxylation is 1. The predicted molar refractivity (Wildman–Crippen MR) is 143 cm³/mol. The molecule has 0 saturated heterocycles. The zero-order valence-electron chi connectivity index (χ0n) is 21.1. The van der Waals surface area contributed by atoms with E-state index in [0.29, 0.717) is 46.8 Å². The lowest BCUT2D eigenvalue weighted by molar-refractivity contribution is 0.262. The quantitative estimate of drug-likeness (QED) is 0.278. The second kappa shape index (κ2) is 10.9. The molecule has 0 aliphatic rings. The van der Waals surface area contributed by atoms with Crippen molar-refractivity contribution in [1.29, 1.82) is 0 Å². The summed E-state index contributed by atoms with van der Waals surface area (Å²) in [6, 6.07) is 20.2. The highest BCUT2D eigenvalue weighted by Gasteiger charge is 2.14. The lowest BCUT2D eigenvalue weighted by Gasteiger charge is -2.11. The zero-order chi connectivity index (χ0) is 26.5. The molecule has 0 bridgehead atoms. The van der Waals surface area contributed by atoms with E-state index in [1.807, 2.05) is 66.2 Å². The molecule has 0 spiro atoms. The Hall–Kier alpha value is -5.12. The van der Waals surface area contributed by atoms with Crippen LogP contribution in [0.25, 0.3) is 23.0 Å². The number of carbonyl (C=O) groups is 1. The summed E-state index contributed by atoms with van der Waals surface area (Å²) in [5.74, 6) is 2.01. The number of nitrogens with one attached hydrogen (secondary N) is 2. The van der Waals surface area contributed by atoms with Gasteiger partial charge in [-0.2, -0.15) is 4.98 Å². The van der Waals surface area contributed by atoms with Crippen LogP contribution >= 0.6 is 0 Å². The van der Waals surface area contributed by atoms with Crippen LogP contribution in [0, 0.1) is 6.92 Å². The number of nitrogens with zero attached hydrogens (tertiary/aromatic N) is 4. The number of ether oxygens (including phenoxy) is 2.